The number of likely N-dealkylation sites (N-methyl/N-ethyl adjacent to an activating group) is 2. The highest BCUT2D eigenvalue weighted by Crippen LogP contribution is 2.39. The van der Waals surface area contributed by atoms with Gasteiger partial charge in [0.1, 0.15) is 69.8 Å². The number of likely N-dealkylation sites (tertiary alicyclic amines) is 1. The van der Waals surface area contributed by atoms with Crippen LogP contribution < -0.4 is 25.8 Å². The first kappa shape index (κ1) is 65.9. The van der Waals surface area contributed by atoms with Crippen LogP contribution in [0.2, 0.25) is 0 Å². The average molecular weight is 1360 g/mol. The number of imidazole rings is 4. The normalized spacial score (nSPS) is 17.6. The Hall–Kier alpha value is -10.6. The van der Waals surface area contributed by atoms with Gasteiger partial charge in [-0.3, -0.25) is 18.3 Å². The van der Waals surface area contributed by atoms with Crippen molar-refractivity contribution in [1.82, 2.24) is 78.2 Å². The van der Waals surface area contributed by atoms with E-state index in [1.165, 1.54) is 54.6 Å². The first-order chi connectivity index (χ1) is 49.7. The smallest absolute Gasteiger partial charge is 0.144 e. The lowest BCUT2D eigenvalue weighted by atomic mass is 10.0. The molecule has 8 aromatic heterocycles. The van der Waals surface area contributed by atoms with Crippen molar-refractivity contribution in [3.8, 4) is 23.3 Å². The van der Waals surface area contributed by atoms with E-state index in [1.807, 2.05) is 54.6 Å². The first-order valence-corrected chi connectivity index (χ1v) is 36.2. The largest absolute Gasteiger partial charge is 0.369 e. The van der Waals surface area contributed by atoms with Crippen molar-refractivity contribution in [3.63, 3.8) is 0 Å². The summed E-state index contributed by atoms with van der Waals surface area (Å²) in [4.78, 5) is 50.9. The number of hydrogen-bond donors (Lipinski definition) is 3. The summed E-state index contributed by atoms with van der Waals surface area (Å²) in [5, 5.41) is 10.5. The highest BCUT2D eigenvalue weighted by atomic mass is 15.3. The minimum Gasteiger partial charge on any atom is -0.369 e. The predicted molar refractivity (Wildman–Crippen MR) is 416 cm³/mol. The Morgan fingerprint density at radius 1 is 0.412 bits per heavy atom. The van der Waals surface area contributed by atoms with E-state index in [2.05, 4.69) is 211 Å². The lowest BCUT2D eigenvalue weighted by Gasteiger charge is -2.37. The summed E-state index contributed by atoms with van der Waals surface area (Å²) in [5.41, 5.74) is 17.3. The third-order valence-corrected chi connectivity index (χ3v) is 20.5. The summed E-state index contributed by atoms with van der Waals surface area (Å²) >= 11 is 0. The second kappa shape index (κ2) is 28.1. The fraction of sp³-hybridized carbons (Fsp3) is 0.317. The number of aromatic nitrogens is 12. The number of allylic oxidation sites excluding steroid dienone is 4. The van der Waals surface area contributed by atoms with Crippen LogP contribution in [0.25, 0.3) is 89.7 Å². The Morgan fingerprint density at radius 3 is 1.22 bits per heavy atom. The van der Waals surface area contributed by atoms with Gasteiger partial charge in [0.25, 0.3) is 0 Å². The van der Waals surface area contributed by atoms with Crippen LogP contribution in [0.3, 0.4) is 0 Å². The summed E-state index contributed by atoms with van der Waals surface area (Å²) in [6.07, 6.45) is 7.05. The van der Waals surface area contributed by atoms with Crippen LogP contribution in [0.1, 0.15) is 78.7 Å². The van der Waals surface area contributed by atoms with Gasteiger partial charge in [-0.15, -0.1) is 0 Å². The van der Waals surface area contributed by atoms with Crippen LogP contribution in [0.15, 0.2) is 172 Å². The Labute approximate surface area is 596 Å². The third-order valence-electron chi connectivity index (χ3n) is 20.5. The number of rotatable bonds is 10. The lowest BCUT2D eigenvalue weighted by Crippen LogP contribution is -2.54. The van der Waals surface area contributed by atoms with E-state index in [-0.39, 0.29) is 0 Å². The molecule has 2 atom stereocenters. The van der Waals surface area contributed by atoms with Gasteiger partial charge in [0.05, 0.1) is 44.1 Å². The van der Waals surface area contributed by atoms with Crippen molar-refractivity contribution in [1.29, 1.82) is 0 Å². The van der Waals surface area contributed by atoms with Crippen LogP contribution in [-0.4, -0.2) is 185 Å². The molecule has 0 radical (unpaired) electrons. The lowest BCUT2D eigenvalue weighted by molar-refractivity contribution is 0.352. The minimum absolute atomic E-state index is 0.459. The molecular formula is C82H90N20. The van der Waals surface area contributed by atoms with E-state index in [0.29, 0.717) is 12.1 Å². The van der Waals surface area contributed by atoms with Gasteiger partial charge in [-0.25, -0.2) is 39.9 Å². The molecule has 0 unspecified atom stereocenters. The van der Waals surface area contributed by atoms with Crippen molar-refractivity contribution >= 4 is 89.7 Å². The zero-order valence-electron chi connectivity index (χ0n) is 59.4. The fourth-order valence-electron chi connectivity index (χ4n) is 15.5. The number of nitrogens with zero attached hydrogens (tertiary/aromatic N) is 17. The molecule has 102 heavy (non-hydrogen) atoms. The second-order valence-corrected chi connectivity index (χ2v) is 28.5. The molecule has 518 valence electrons. The highest BCUT2D eigenvalue weighted by molar-refractivity contribution is 5.88. The summed E-state index contributed by atoms with van der Waals surface area (Å²) in [7, 11) is 6.33. The van der Waals surface area contributed by atoms with Gasteiger partial charge in [-0.1, -0.05) is 99.1 Å². The Kier molecular flexibility index (Phi) is 18.1. The number of nitrogens with one attached hydrogen (secondary N) is 3. The Bertz CT molecular complexity index is 5200. The van der Waals surface area contributed by atoms with Gasteiger partial charge in [0, 0.05) is 119 Å². The van der Waals surface area contributed by atoms with Gasteiger partial charge >= 0.3 is 0 Å². The van der Waals surface area contributed by atoms with Crippen LogP contribution in [-0.2, 0) is 25.7 Å². The fourth-order valence-corrected chi connectivity index (χ4v) is 15.5. The van der Waals surface area contributed by atoms with E-state index >= 15 is 0 Å². The molecule has 7 aliphatic rings. The highest BCUT2D eigenvalue weighted by Gasteiger charge is 2.31. The molecule has 15 heterocycles. The van der Waals surface area contributed by atoms with Crippen molar-refractivity contribution in [2.45, 2.75) is 70.9 Å². The number of pyridine rings is 4. The van der Waals surface area contributed by atoms with Gasteiger partial charge in [-0.05, 0) is 169 Å². The third kappa shape index (κ3) is 13.0. The number of benzene rings is 4. The second-order valence-electron chi connectivity index (χ2n) is 28.5. The van der Waals surface area contributed by atoms with Gasteiger partial charge < -0.3 is 40.4 Å². The maximum Gasteiger partial charge on any atom is 0.144 e. The molecule has 7 aliphatic heterocycles. The first-order valence-electron chi connectivity index (χ1n) is 36.2. The van der Waals surface area contributed by atoms with Crippen molar-refractivity contribution in [3.05, 3.63) is 217 Å². The number of fused-ring (bicyclic) bond motifs is 20. The van der Waals surface area contributed by atoms with Gasteiger partial charge in [-0.2, -0.15) is 0 Å². The minimum atomic E-state index is 0.459. The van der Waals surface area contributed by atoms with Crippen LogP contribution in [0, 0.1) is 0 Å². The van der Waals surface area contributed by atoms with Crippen LogP contribution in [0.4, 0.5) is 23.3 Å². The van der Waals surface area contributed by atoms with E-state index in [0.717, 1.165) is 227 Å². The number of para-hydroxylation sites is 8. The molecule has 12 aromatic rings. The van der Waals surface area contributed by atoms with Crippen molar-refractivity contribution < 1.29 is 0 Å². The summed E-state index contributed by atoms with van der Waals surface area (Å²) in [6, 6.07) is 51.0. The van der Waals surface area contributed by atoms with E-state index in [1.54, 1.807) is 0 Å². The molecule has 0 bridgehead atoms. The van der Waals surface area contributed by atoms with Crippen molar-refractivity contribution in [2.75, 3.05) is 120 Å². The van der Waals surface area contributed by atoms with Crippen LogP contribution in [0.5, 0.6) is 0 Å². The molecule has 3 saturated heterocycles. The number of anilines is 4. The molecule has 0 saturated carbocycles. The zero-order valence-corrected chi connectivity index (χ0v) is 59.4. The molecule has 4 aromatic carbocycles. The molecule has 19 rings (SSSR count). The van der Waals surface area contributed by atoms with Gasteiger partial charge in [0.15, 0.2) is 0 Å². The summed E-state index contributed by atoms with van der Waals surface area (Å²) in [5.74, 6) is 11.6. The standard InChI is InChI=1S/3C21H23N5.C19H21N5/c1-13-10-16-8-9-19(25-11-14(2)22-15(3)12-25)24-21(16)26-18-7-5-4-6-17(18)23-20(13)26;1-15-14-16-8-9-19(25-11-5-10-24(2)12-13-25)23-21(16)26-18-7-4-3-6-17(18)22-20(15)26;1-15-14-16-8-9-19(22-10-13-25-11-4-5-12-25)24-21(16)26-18-7-3-2-6-17(18)23-20(15)26;1-13-12-14-8-9-17(20-10-11-23(2)3)22-19(14)24-16-7-5-4-6-15(16)21-18(13)24/h4-9,14-15,22H,1,10-12H2,2-3H3;3-4,6-9H,1,5,10-14H2,2H3;2-3,6-9H,1,4-5,10-14H2,(H,22,24);4-9H,1,10-12H2,2-3H3,(H,20,22)/t14-,15+;;;. The molecule has 0 aliphatic carbocycles. The Balaban J connectivity index is 0.000000105. The number of hydrogen-bond acceptors (Lipinski definition) is 16. The average Bonchev–Trinajstić information content (AvgIpc) is 1.59. The molecule has 3 fully saturated rings. The summed E-state index contributed by atoms with van der Waals surface area (Å²) < 4.78 is 8.65. The van der Waals surface area contributed by atoms with E-state index in [4.69, 9.17) is 39.9 Å². The van der Waals surface area contributed by atoms with Crippen LogP contribution >= 0.6 is 0 Å². The SMILES string of the molecule is C=C1Cc2ccc(N3CCCN(C)CC3)nc2-n2c1nc1ccccc12.C=C1Cc2ccc(N3C[C@@H](C)N[C@@H](C)C3)nc2-n2c1nc1ccccc12.C=C1Cc2ccc(NCCN(C)C)nc2-n2c1nc1ccccc12.C=C1Cc2ccc(NCCN3CCCC3)nc2-n2c1nc1ccccc12. The van der Waals surface area contributed by atoms with Crippen molar-refractivity contribution in [2.24, 2.45) is 0 Å². The van der Waals surface area contributed by atoms with E-state index < -0.39 is 0 Å². The molecule has 0 amide bonds. The maximum absolute atomic E-state index is 5.09. The van der Waals surface area contributed by atoms with E-state index in [9.17, 15) is 0 Å². The number of piperazine rings is 1. The molecule has 20 heteroatoms. The molecule has 20 nitrogen and oxygen atoms in total. The molecule has 0 spiro atoms. The molecular weight excluding hydrogens is 1270 g/mol. The summed E-state index contributed by atoms with van der Waals surface area (Å²) in [6.45, 7) is 33.9. The van der Waals surface area contributed by atoms with Gasteiger partial charge in [0.2, 0.25) is 0 Å². The monoisotopic (exact) mass is 1350 g/mol. The predicted octanol–water partition coefficient (Wildman–Crippen LogP) is 12.8. The Morgan fingerprint density at radius 2 is 0.794 bits per heavy atom. The maximum atomic E-state index is 5.09. The zero-order chi connectivity index (χ0) is 69.7. The quantitative estimate of drug-likeness (QED) is 0.118. The molecule has 3 N–H and O–H groups in total. The topological polar surface area (TPSA) is 175 Å².